The topological polar surface area (TPSA) is 88.2 Å². The quantitative estimate of drug-likeness (QED) is 0.238. The van der Waals surface area contributed by atoms with E-state index in [1.807, 2.05) is 30.3 Å². The van der Waals surface area contributed by atoms with Gasteiger partial charge in [-0.1, -0.05) is 36.4 Å². The lowest BCUT2D eigenvalue weighted by Crippen LogP contribution is -2.19. The molecule has 0 fully saturated rings. The Bertz CT molecular complexity index is 1430. The van der Waals surface area contributed by atoms with Crippen LogP contribution < -0.4 is 15.0 Å². The predicted molar refractivity (Wildman–Crippen MR) is 132 cm³/mol. The van der Waals surface area contributed by atoms with E-state index < -0.39 is 0 Å². The van der Waals surface area contributed by atoms with Crippen LogP contribution >= 0.6 is 11.8 Å². The van der Waals surface area contributed by atoms with E-state index in [1.165, 1.54) is 16.4 Å². The number of ether oxygens (including phenoxy) is 2. The maximum Gasteiger partial charge on any atom is 0.284 e. The van der Waals surface area contributed by atoms with Crippen molar-refractivity contribution >= 4 is 17.5 Å². The maximum atomic E-state index is 13.4. The highest BCUT2D eigenvalue weighted by Gasteiger charge is 2.27. The molecular weight excluding hydrogens is 464 g/mol. The van der Waals surface area contributed by atoms with Crippen molar-refractivity contribution in [2.75, 3.05) is 19.0 Å². The summed E-state index contributed by atoms with van der Waals surface area (Å²) >= 11 is 1.39. The number of fused-ring (bicyclic) bond motifs is 4. The number of Topliss-reactive ketones (excluding diaryl/α,β-unsaturated/α-hetero) is 1. The molecular formula is C26H24N4O4S. The molecule has 0 aromatic heterocycles. The van der Waals surface area contributed by atoms with Gasteiger partial charge in [0.15, 0.2) is 28.3 Å². The van der Waals surface area contributed by atoms with Gasteiger partial charge in [0.1, 0.15) is 18.8 Å². The van der Waals surface area contributed by atoms with Crippen LogP contribution in [0.15, 0.2) is 58.5 Å². The number of thioether (sulfide) groups is 1. The highest BCUT2D eigenvalue weighted by Crippen LogP contribution is 2.33. The van der Waals surface area contributed by atoms with Crippen molar-refractivity contribution in [3.05, 3.63) is 70.1 Å². The van der Waals surface area contributed by atoms with Gasteiger partial charge in [0, 0.05) is 17.8 Å². The van der Waals surface area contributed by atoms with Crippen molar-refractivity contribution in [3.63, 3.8) is 0 Å². The summed E-state index contributed by atoms with van der Waals surface area (Å²) in [5.41, 5.74) is 2.69. The van der Waals surface area contributed by atoms with Gasteiger partial charge >= 0.3 is 0 Å². The molecule has 4 aliphatic rings. The normalized spacial score (nSPS) is 15.0. The first-order chi connectivity index (χ1) is 17.2. The van der Waals surface area contributed by atoms with E-state index >= 15 is 0 Å². The summed E-state index contributed by atoms with van der Waals surface area (Å²) in [6.45, 7) is 1.76. The number of hydrogen-bond donors (Lipinski definition) is 0. The summed E-state index contributed by atoms with van der Waals surface area (Å²) in [6, 6.07) is 14.7. The van der Waals surface area contributed by atoms with Gasteiger partial charge in [0.05, 0.1) is 11.4 Å². The molecule has 6 rings (SSSR count). The maximum absolute atomic E-state index is 13.4. The minimum absolute atomic E-state index is 0.0174. The molecule has 178 valence electrons. The highest BCUT2D eigenvalue weighted by atomic mass is 32.2. The molecule has 0 spiro atoms. The van der Waals surface area contributed by atoms with E-state index in [4.69, 9.17) is 14.5 Å². The molecule has 0 saturated carbocycles. The summed E-state index contributed by atoms with van der Waals surface area (Å²) < 4.78 is 14.7. The van der Waals surface area contributed by atoms with E-state index in [0.29, 0.717) is 47.4 Å². The lowest BCUT2D eigenvalue weighted by Gasteiger charge is -2.19. The summed E-state index contributed by atoms with van der Waals surface area (Å²) in [4.78, 5) is 31.1. The molecule has 4 heterocycles. The molecule has 0 radical (unpaired) electrons. The number of rotatable bonds is 5. The third-order valence-electron chi connectivity index (χ3n) is 6.36. The van der Waals surface area contributed by atoms with Gasteiger partial charge in [-0.25, -0.2) is 4.98 Å². The van der Waals surface area contributed by atoms with Crippen molar-refractivity contribution < 1.29 is 14.3 Å². The number of hydrogen-bond acceptors (Lipinski definition) is 7. The summed E-state index contributed by atoms with van der Waals surface area (Å²) in [6.07, 6.45) is 3.90. The van der Waals surface area contributed by atoms with Crippen LogP contribution in [0.4, 0.5) is 0 Å². The fourth-order valence-corrected chi connectivity index (χ4v) is 5.57. The third-order valence-corrected chi connectivity index (χ3v) is 7.34. The number of nitrogens with zero attached hydrogens (tertiary/aromatic N) is 4. The largest absolute Gasteiger partial charge is 0.486 e. The number of para-hydroxylation sites is 1. The van der Waals surface area contributed by atoms with Crippen molar-refractivity contribution in [2.45, 2.75) is 37.4 Å². The molecule has 0 aliphatic carbocycles. The summed E-state index contributed by atoms with van der Waals surface area (Å²) in [5, 5.41) is 5.29. The Balaban J connectivity index is 1.35. The summed E-state index contributed by atoms with van der Waals surface area (Å²) in [7, 11) is 0. The van der Waals surface area contributed by atoms with E-state index in [2.05, 4.69) is 9.67 Å². The van der Waals surface area contributed by atoms with Crippen molar-refractivity contribution in [3.8, 4) is 28.6 Å². The van der Waals surface area contributed by atoms with Crippen LogP contribution in [-0.4, -0.2) is 44.1 Å². The van der Waals surface area contributed by atoms with Gasteiger partial charge in [-0.2, -0.15) is 4.68 Å². The van der Waals surface area contributed by atoms with Gasteiger partial charge in [0.25, 0.3) is 5.56 Å². The zero-order valence-corrected chi connectivity index (χ0v) is 19.9. The second-order valence-electron chi connectivity index (χ2n) is 8.62. The molecule has 0 atom stereocenters. The van der Waals surface area contributed by atoms with E-state index in [9.17, 15) is 9.59 Å². The lowest BCUT2D eigenvalue weighted by molar-refractivity contribution is 0.102. The lowest BCUT2D eigenvalue weighted by atomic mass is 10.1. The first-order valence-corrected chi connectivity index (χ1v) is 12.8. The van der Waals surface area contributed by atoms with Gasteiger partial charge < -0.3 is 14.0 Å². The average Bonchev–Trinajstić information content (AvgIpc) is 3.05. The van der Waals surface area contributed by atoms with Crippen LogP contribution in [-0.2, 0) is 13.0 Å². The molecule has 0 amide bonds. The fraction of sp³-hybridized carbons (Fsp3) is 0.308. The number of benzene rings is 2. The number of ketones is 1. The molecule has 0 saturated heterocycles. The number of carbonyl (C=O) groups excluding carboxylic acids is 1. The molecule has 35 heavy (non-hydrogen) atoms. The Morgan fingerprint density at radius 1 is 1.00 bits per heavy atom. The minimum Gasteiger partial charge on any atom is -0.486 e. The molecule has 4 aliphatic heterocycles. The molecule has 2 aromatic carbocycles. The van der Waals surface area contributed by atoms with Crippen LogP contribution in [0.5, 0.6) is 11.5 Å². The van der Waals surface area contributed by atoms with E-state index in [-0.39, 0.29) is 17.1 Å². The second kappa shape index (κ2) is 9.22. The SMILES string of the molecule is O=C(CSc1nc2nn(-c3ccccc3)c(=O)c-2c2n1CCCCC2)c1ccc2c(c1)OCCO2. The standard InChI is InChI=1S/C26H24N4O4S/c31-20(17-10-11-21-22(15-17)34-14-13-33-21)16-35-26-27-24-23(19-9-5-2-6-12-29(19)26)25(32)30(28-24)18-7-3-1-4-8-18/h1,3-4,7-8,10-11,15H,2,5-6,9,12-14,16H2. The molecule has 0 unspecified atom stereocenters. The molecule has 0 bridgehead atoms. The number of carbonyl (C=O) groups is 1. The minimum atomic E-state index is -0.145. The van der Waals surface area contributed by atoms with Crippen LogP contribution in [0.1, 0.15) is 35.3 Å². The van der Waals surface area contributed by atoms with Crippen LogP contribution in [0.25, 0.3) is 17.1 Å². The fourth-order valence-electron chi connectivity index (χ4n) is 4.64. The smallest absolute Gasteiger partial charge is 0.284 e. The Morgan fingerprint density at radius 3 is 2.69 bits per heavy atom. The van der Waals surface area contributed by atoms with Gasteiger partial charge in [-0.05, 0) is 49.6 Å². The second-order valence-corrected chi connectivity index (χ2v) is 9.57. The van der Waals surface area contributed by atoms with Crippen molar-refractivity contribution in [1.82, 2.24) is 19.3 Å². The van der Waals surface area contributed by atoms with Crippen molar-refractivity contribution in [1.29, 1.82) is 0 Å². The Hall–Kier alpha value is -3.59. The highest BCUT2D eigenvalue weighted by molar-refractivity contribution is 7.99. The molecule has 2 aromatic rings. The van der Waals surface area contributed by atoms with E-state index in [0.717, 1.165) is 43.1 Å². The number of aromatic nitrogens is 4. The monoisotopic (exact) mass is 488 g/mol. The zero-order valence-electron chi connectivity index (χ0n) is 19.1. The van der Waals surface area contributed by atoms with Gasteiger partial charge in [0.2, 0.25) is 0 Å². The zero-order chi connectivity index (χ0) is 23.8. The molecule has 9 heteroatoms. The first kappa shape index (κ1) is 21.9. The Kier molecular flexibility index (Phi) is 5.77. The first-order valence-electron chi connectivity index (χ1n) is 11.8. The third kappa shape index (κ3) is 4.10. The van der Waals surface area contributed by atoms with Crippen LogP contribution in [0.3, 0.4) is 0 Å². The van der Waals surface area contributed by atoms with Crippen LogP contribution in [0, 0.1) is 0 Å². The van der Waals surface area contributed by atoms with E-state index in [1.54, 1.807) is 18.2 Å². The molecule has 8 nitrogen and oxygen atoms in total. The van der Waals surface area contributed by atoms with Gasteiger partial charge in [-0.15, -0.1) is 5.10 Å². The summed E-state index contributed by atoms with van der Waals surface area (Å²) in [5.74, 6) is 1.90. The Morgan fingerprint density at radius 2 is 1.83 bits per heavy atom. The molecule has 0 N–H and O–H groups in total. The average molecular weight is 489 g/mol. The van der Waals surface area contributed by atoms with Gasteiger partial charge in [-0.3, -0.25) is 9.59 Å². The van der Waals surface area contributed by atoms with Crippen molar-refractivity contribution in [2.24, 2.45) is 0 Å². The predicted octanol–water partition coefficient (Wildman–Crippen LogP) is 4.01. The Labute approximate surface area is 206 Å². The van der Waals surface area contributed by atoms with Crippen LogP contribution in [0.2, 0.25) is 0 Å².